The molecular formula is C19H23N3O4S. The number of carbonyl (C=O) groups is 1. The van der Waals surface area contributed by atoms with Crippen LogP contribution in [0.5, 0.6) is 0 Å². The van der Waals surface area contributed by atoms with E-state index in [4.69, 9.17) is 4.74 Å². The molecule has 2 N–H and O–H groups in total. The number of ether oxygens (including phenoxy) is 1. The number of benzene rings is 2. The summed E-state index contributed by atoms with van der Waals surface area (Å²) in [4.78, 5) is 14.6. The summed E-state index contributed by atoms with van der Waals surface area (Å²) < 4.78 is 32.6. The normalized spacial score (nSPS) is 15.3. The van der Waals surface area contributed by atoms with Gasteiger partial charge in [0.15, 0.2) is 0 Å². The molecule has 1 heterocycles. The number of sulfonamides is 1. The topological polar surface area (TPSA) is 87.7 Å². The van der Waals surface area contributed by atoms with Crippen LogP contribution in [0.1, 0.15) is 10.4 Å². The van der Waals surface area contributed by atoms with E-state index in [0.717, 1.165) is 32.8 Å². The van der Waals surface area contributed by atoms with Crippen LogP contribution in [0.2, 0.25) is 0 Å². The Morgan fingerprint density at radius 3 is 2.33 bits per heavy atom. The minimum atomic E-state index is -3.69. The molecule has 0 aliphatic carbocycles. The maximum absolute atomic E-state index is 12.4. The van der Waals surface area contributed by atoms with Gasteiger partial charge in [0, 0.05) is 37.4 Å². The summed E-state index contributed by atoms with van der Waals surface area (Å²) in [5, 5.41) is 2.86. The van der Waals surface area contributed by atoms with E-state index in [9.17, 15) is 13.2 Å². The number of hydrogen-bond acceptors (Lipinski definition) is 5. The molecule has 2 aromatic carbocycles. The van der Waals surface area contributed by atoms with Gasteiger partial charge in [-0.15, -0.1) is 0 Å². The summed E-state index contributed by atoms with van der Waals surface area (Å²) in [6.07, 6.45) is 0. The molecule has 27 heavy (non-hydrogen) atoms. The average molecular weight is 389 g/mol. The number of carbonyl (C=O) groups excluding carboxylic acids is 1. The highest BCUT2D eigenvalue weighted by molar-refractivity contribution is 7.92. The van der Waals surface area contributed by atoms with Gasteiger partial charge in [-0.3, -0.25) is 14.4 Å². The molecule has 0 radical (unpaired) electrons. The van der Waals surface area contributed by atoms with Crippen molar-refractivity contribution in [2.75, 3.05) is 44.1 Å². The number of nitrogens with one attached hydrogen (secondary N) is 2. The van der Waals surface area contributed by atoms with Gasteiger partial charge in [0.05, 0.1) is 18.1 Å². The second-order valence-corrected chi connectivity index (χ2v) is 7.89. The summed E-state index contributed by atoms with van der Waals surface area (Å²) in [6, 6.07) is 14.6. The van der Waals surface area contributed by atoms with E-state index in [0.29, 0.717) is 17.8 Å². The van der Waals surface area contributed by atoms with Gasteiger partial charge in [0.2, 0.25) is 0 Å². The van der Waals surface area contributed by atoms with E-state index in [1.807, 2.05) is 6.07 Å². The van der Waals surface area contributed by atoms with Crippen molar-refractivity contribution in [3.05, 3.63) is 60.2 Å². The van der Waals surface area contributed by atoms with Crippen LogP contribution >= 0.6 is 0 Å². The van der Waals surface area contributed by atoms with Gasteiger partial charge in [-0.1, -0.05) is 18.2 Å². The third-order valence-electron chi connectivity index (χ3n) is 4.27. The van der Waals surface area contributed by atoms with Crippen molar-refractivity contribution in [1.82, 2.24) is 10.2 Å². The van der Waals surface area contributed by atoms with Crippen LogP contribution in [0, 0.1) is 0 Å². The van der Waals surface area contributed by atoms with E-state index in [-0.39, 0.29) is 10.8 Å². The van der Waals surface area contributed by atoms with E-state index in [2.05, 4.69) is 14.9 Å². The first-order chi connectivity index (χ1) is 13.0. The molecule has 0 atom stereocenters. The monoisotopic (exact) mass is 389 g/mol. The Kier molecular flexibility index (Phi) is 6.44. The van der Waals surface area contributed by atoms with Crippen molar-refractivity contribution in [1.29, 1.82) is 0 Å². The predicted octanol–water partition coefficient (Wildman–Crippen LogP) is 1.55. The minimum Gasteiger partial charge on any atom is -0.379 e. The molecule has 0 saturated carbocycles. The molecule has 1 aliphatic heterocycles. The molecule has 7 nitrogen and oxygen atoms in total. The summed E-state index contributed by atoms with van der Waals surface area (Å²) in [5.74, 6) is -0.219. The molecule has 3 rings (SSSR count). The Hall–Kier alpha value is -2.42. The third-order valence-corrected chi connectivity index (χ3v) is 5.67. The highest BCUT2D eigenvalue weighted by atomic mass is 32.2. The van der Waals surface area contributed by atoms with Crippen LogP contribution in [0.25, 0.3) is 0 Å². The molecule has 1 saturated heterocycles. The van der Waals surface area contributed by atoms with Crippen molar-refractivity contribution in [2.45, 2.75) is 4.90 Å². The second-order valence-electron chi connectivity index (χ2n) is 6.21. The van der Waals surface area contributed by atoms with Crippen LogP contribution in [0.15, 0.2) is 59.5 Å². The van der Waals surface area contributed by atoms with Crippen LogP contribution in [-0.2, 0) is 14.8 Å². The zero-order chi connectivity index (χ0) is 19.1. The highest BCUT2D eigenvalue weighted by Gasteiger charge is 2.15. The standard InChI is InChI=1S/C19H23N3O4S/c23-19(20-10-11-22-12-14-26-15-13-22)16-6-8-18(9-7-16)27(24,25)21-17-4-2-1-3-5-17/h1-9,21H,10-15H2,(H,20,23). The lowest BCUT2D eigenvalue weighted by Gasteiger charge is -2.26. The SMILES string of the molecule is O=C(NCCN1CCOCC1)c1ccc(S(=O)(=O)Nc2ccccc2)cc1. The molecular weight excluding hydrogens is 366 g/mol. The molecule has 1 aliphatic rings. The number of anilines is 1. The van der Waals surface area contributed by atoms with Gasteiger partial charge in [-0.05, 0) is 36.4 Å². The number of hydrogen-bond donors (Lipinski definition) is 2. The lowest BCUT2D eigenvalue weighted by Crippen LogP contribution is -2.41. The summed E-state index contributed by atoms with van der Waals surface area (Å²) in [5.41, 5.74) is 0.915. The molecule has 144 valence electrons. The molecule has 2 aromatic rings. The largest absolute Gasteiger partial charge is 0.379 e. The highest BCUT2D eigenvalue weighted by Crippen LogP contribution is 2.16. The van der Waals surface area contributed by atoms with Crippen LogP contribution in [0.4, 0.5) is 5.69 Å². The average Bonchev–Trinajstić information content (AvgIpc) is 2.69. The molecule has 0 spiro atoms. The maximum atomic E-state index is 12.4. The van der Waals surface area contributed by atoms with Gasteiger partial charge in [-0.25, -0.2) is 8.42 Å². The zero-order valence-corrected chi connectivity index (χ0v) is 15.7. The van der Waals surface area contributed by atoms with Gasteiger partial charge in [-0.2, -0.15) is 0 Å². The summed E-state index contributed by atoms with van der Waals surface area (Å²) >= 11 is 0. The van der Waals surface area contributed by atoms with Crippen LogP contribution in [-0.4, -0.2) is 58.6 Å². The molecule has 8 heteroatoms. The van der Waals surface area contributed by atoms with Gasteiger partial charge < -0.3 is 10.1 Å². The van der Waals surface area contributed by atoms with Crippen molar-refractivity contribution in [2.24, 2.45) is 0 Å². The third kappa shape index (κ3) is 5.53. The number of nitrogens with zero attached hydrogens (tertiary/aromatic N) is 1. The van der Waals surface area contributed by atoms with Gasteiger partial charge in [0.1, 0.15) is 0 Å². The van der Waals surface area contributed by atoms with E-state index >= 15 is 0 Å². The Morgan fingerprint density at radius 2 is 1.67 bits per heavy atom. The Labute approximate surface area is 159 Å². The smallest absolute Gasteiger partial charge is 0.261 e. The van der Waals surface area contributed by atoms with Crippen molar-refractivity contribution < 1.29 is 17.9 Å². The first-order valence-corrected chi connectivity index (χ1v) is 10.3. The maximum Gasteiger partial charge on any atom is 0.261 e. The van der Waals surface area contributed by atoms with Gasteiger partial charge in [0.25, 0.3) is 15.9 Å². The molecule has 0 unspecified atom stereocenters. The number of amides is 1. The number of rotatable bonds is 7. The van der Waals surface area contributed by atoms with Gasteiger partial charge >= 0.3 is 0 Å². The predicted molar refractivity (Wildman–Crippen MR) is 103 cm³/mol. The molecule has 1 amide bonds. The Morgan fingerprint density at radius 1 is 1.00 bits per heavy atom. The molecule has 0 bridgehead atoms. The van der Waals surface area contributed by atoms with Crippen LogP contribution < -0.4 is 10.0 Å². The molecule has 1 fully saturated rings. The summed E-state index contributed by atoms with van der Waals surface area (Å²) in [7, 11) is -3.69. The zero-order valence-electron chi connectivity index (χ0n) is 14.9. The Bertz CT molecular complexity index is 848. The minimum absolute atomic E-state index is 0.108. The van der Waals surface area contributed by atoms with Crippen molar-refractivity contribution >= 4 is 21.6 Å². The fourth-order valence-electron chi connectivity index (χ4n) is 2.76. The quantitative estimate of drug-likeness (QED) is 0.750. The fraction of sp³-hybridized carbons (Fsp3) is 0.316. The van der Waals surface area contributed by atoms with E-state index < -0.39 is 10.0 Å². The Balaban J connectivity index is 1.55. The lowest BCUT2D eigenvalue weighted by molar-refractivity contribution is 0.0383. The number of morpholine rings is 1. The first kappa shape index (κ1) is 19.3. The van der Waals surface area contributed by atoms with Crippen LogP contribution in [0.3, 0.4) is 0 Å². The summed E-state index contributed by atoms with van der Waals surface area (Å²) in [6.45, 7) is 4.49. The van der Waals surface area contributed by atoms with Crippen molar-refractivity contribution in [3.63, 3.8) is 0 Å². The molecule has 0 aromatic heterocycles. The lowest BCUT2D eigenvalue weighted by atomic mass is 10.2. The fourth-order valence-corrected chi connectivity index (χ4v) is 3.82. The van der Waals surface area contributed by atoms with Crippen molar-refractivity contribution in [3.8, 4) is 0 Å². The first-order valence-electron chi connectivity index (χ1n) is 8.81. The van der Waals surface area contributed by atoms with E-state index in [1.165, 1.54) is 24.3 Å². The van der Waals surface area contributed by atoms with E-state index in [1.54, 1.807) is 24.3 Å². The second kappa shape index (κ2) is 8.98. The number of para-hydroxylation sites is 1.